The van der Waals surface area contributed by atoms with Gasteiger partial charge in [0, 0.05) is 31.9 Å². The molecule has 108 valence electrons. The number of ether oxygens (including phenoxy) is 3. The van der Waals surface area contributed by atoms with Crippen LogP contribution in [0, 0.1) is 0 Å². The maximum Gasteiger partial charge on any atom is 0.0948 e. The number of rotatable bonds is 10. The molecule has 0 aromatic heterocycles. The van der Waals surface area contributed by atoms with Crippen molar-refractivity contribution in [2.24, 2.45) is 5.73 Å². The first-order valence-electron chi connectivity index (χ1n) is 6.41. The lowest BCUT2D eigenvalue weighted by Gasteiger charge is -2.16. The van der Waals surface area contributed by atoms with Crippen LogP contribution in [-0.2, 0) is 14.2 Å². The van der Waals surface area contributed by atoms with Gasteiger partial charge in [-0.15, -0.1) is 0 Å². The van der Waals surface area contributed by atoms with E-state index in [1.807, 2.05) is 24.3 Å². The lowest BCUT2D eigenvalue weighted by Crippen LogP contribution is -2.18. The highest BCUT2D eigenvalue weighted by atomic mass is 35.5. The normalized spacial score (nSPS) is 12.6. The van der Waals surface area contributed by atoms with Gasteiger partial charge in [0.2, 0.25) is 0 Å². The van der Waals surface area contributed by atoms with Crippen molar-refractivity contribution in [3.05, 3.63) is 34.9 Å². The van der Waals surface area contributed by atoms with E-state index in [0.717, 1.165) is 18.6 Å². The molecule has 1 rings (SSSR count). The number of nitrogens with two attached hydrogens (primary N) is 1. The summed E-state index contributed by atoms with van der Waals surface area (Å²) in [7, 11) is 1.68. The third-order valence-electron chi connectivity index (χ3n) is 2.62. The minimum Gasteiger partial charge on any atom is -0.385 e. The standard InChI is InChI=1S/C14H22ClNO3/c1-17-6-3-7-18-8-9-19-14(11-16)12-4-2-5-13(15)10-12/h2,4-5,10,14H,3,6-9,11,16H2,1H3. The largest absolute Gasteiger partial charge is 0.385 e. The summed E-state index contributed by atoms with van der Waals surface area (Å²) in [6.07, 6.45) is 0.756. The molecule has 0 aliphatic carbocycles. The molecule has 0 bridgehead atoms. The predicted octanol–water partition coefficient (Wildman–Crippen LogP) is 2.41. The highest BCUT2D eigenvalue weighted by molar-refractivity contribution is 6.30. The SMILES string of the molecule is COCCCOCCOC(CN)c1cccc(Cl)c1. The van der Waals surface area contributed by atoms with Crippen molar-refractivity contribution in [3.8, 4) is 0 Å². The van der Waals surface area contributed by atoms with E-state index in [-0.39, 0.29) is 6.10 Å². The van der Waals surface area contributed by atoms with E-state index >= 15 is 0 Å². The number of hydrogen-bond acceptors (Lipinski definition) is 4. The van der Waals surface area contributed by atoms with Crippen molar-refractivity contribution in [3.63, 3.8) is 0 Å². The highest BCUT2D eigenvalue weighted by Gasteiger charge is 2.10. The average molecular weight is 288 g/mol. The van der Waals surface area contributed by atoms with Crippen LogP contribution in [0.15, 0.2) is 24.3 Å². The lowest BCUT2D eigenvalue weighted by molar-refractivity contribution is 0.00390. The Morgan fingerprint density at radius 1 is 1.21 bits per heavy atom. The summed E-state index contributed by atoms with van der Waals surface area (Å²) in [4.78, 5) is 0. The van der Waals surface area contributed by atoms with Crippen molar-refractivity contribution in [2.75, 3.05) is 40.1 Å². The second-order valence-electron chi connectivity index (χ2n) is 4.11. The summed E-state index contributed by atoms with van der Waals surface area (Å²) in [6.45, 7) is 2.89. The Kier molecular flexibility index (Phi) is 8.79. The van der Waals surface area contributed by atoms with Crippen LogP contribution in [-0.4, -0.2) is 40.1 Å². The average Bonchev–Trinajstić information content (AvgIpc) is 2.42. The highest BCUT2D eigenvalue weighted by Crippen LogP contribution is 2.19. The molecule has 5 heteroatoms. The summed E-state index contributed by atoms with van der Waals surface area (Å²) in [5, 5.41) is 0.690. The Labute approximate surface area is 119 Å². The minimum atomic E-state index is -0.138. The van der Waals surface area contributed by atoms with Gasteiger partial charge in [0.05, 0.1) is 19.3 Å². The molecule has 1 atom stereocenters. The van der Waals surface area contributed by atoms with Gasteiger partial charge >= 0.3 is 0 Å². The van der Waals surface area contributed by atoms with Gasteiger partial charge in [-0.05, 0) is 24.1 Å². The van der Waals surface area contributed by atoms with Gasteiger partial charge in [-0.25, -0.2) is 0 Å². The van der Waals surface area contributed by atoms with Crippen LogP contribution < -0.4 is 5.73 Å². The second kappa shape index (κ2) is 10.2. The van der Waals surface area contributed by atoms with Crippen molar-refractivity contribution in [1.29, 1.82) is 0 Å². The zero-order valence-corrected chi connectivity index (χ0v) is 12.1. The molecule has 0 saturated heterocycles. The molecule has 2 N–H and O–H groups in total. The maximum atomic E-state index is 5.95. The second-order valence-corrected chi connectivity index (χ2v) is 4.55. The topological polar surface area (TPSA) is 53.7 Å². The fourth-order valence-electron chi connectivity index (χ4n) is 1.66. The summed E-state index contributed by atoms with van der Waals surface area (Å²) in [5.41, 5.74) is 6.70. The van der Waals surface area contributed by atoms with Crippen LogP contribution >= 0.6 is 11.6 Å². The van der Waals surface area contributed by atoms with Gasteiger partial charge in [0.1, 0.15) is 0 Å². The fourth-order valence-corrected chi connectivity index (χ4v) is 1.86. The molecular weight excluding hydrogens is 266 g/mol. The minimum absolute atomic E-state index is 0.138. The first kappa shape index (κ1) is 16.4. The van der Waals surface area contributed by atoms with Crippen molar-refractivity contribution >= 4 is 11.6 Å². The Morgan fingerprint density at radius 2 is 2.05 bits per heavy atom. The van der Waals surface area contributed by atoms with E-state index in [0.29, 0.717) is 31.4 Å². The number of halogens is 1. The van der Waals surface area contributed by atoms with Crippen LogP contribution in [0.4, 0.5) is 0 Å². The van der Waals surface area contributed by atoms with Crippen molar-refractivity contribution < 1.29 is 14.2 Å². The predicted molar refractivity (Wildman–Crippen MR) is 76.5 cm³/mol. The van der Waals surface area contributed by atoms with Crippen LogP contribution in [0.1, 0.15) is 18.1 Å². The van der Waals surface area contributed by atoms with E-state index in [4.69, 9.17) is 31.5 Å². The quantitative estimate of drug-likeness (QED) is 0.672. The summed E-state index contributed by atoms with van der Waals surface area (Å²) >= 11 is 5.95. The summed E-state index contributed by atoms with van der Waals surface area (Å²) < 4.78 is 16.1. The van der Waals surface area contributed by atoms with Gasteiger partial charge in [0.25, 0.3) is 0 Å². The van der Waals surface area contributed by atoms with Crippen LogP contribution in [0.2, 0.25) is 5.02 Å². The molecule has 0 fully saturated rings. The molecule has 0 aliphatic rings. The van der Waals surface area contributed by atoms with Crippen LogP contribution in [0.25, 0.3) is 0 Å². The van der Waals surface area contributed by atoms with E-state index in [1.54, 1.807) is 7.11 Å². The zero-order valence-electron chi connectivity index (χ0n) is 11.3. The Bertz CT molecular complexity index is 349. The molecular formula is C14H22ClNO3. The number of methoxy groups -OCH3 is 1. The molecule has 4 nitrogen and oxygen atoms in total. The van der Waals surface area contributed by atoms with Crippen molar-refractivity contribution in [1.82, 2.24) is 0 Å². The molecule has 1 aromatic carbocycles. The molecule has 0 spiro atoms. The molecule has 1 aromatic rings. The first-order chi connectivity index (χ1) is 9.27. The summed E-state index contributed by atoms with van der Waals surface area (Å²) in [6, 6.07) is 7.56. The lowest BCUT2D eigenvalue weighted by atomic mass is 10.1. The van der Waals surface area contributed by atoms with Gasteiger partial charge in [-0.3, -0.25) is 0 Å². The number of hydrogen-bond donors (Lipinski definition) is 1. The van der Waals surface area contributed by atoms with Crippen molar-refractivity contribution in [2.45, 2.75) is 12.5 Å². The smallest absolute Gasteiger partial charge is 0.0948 e. The fraction of sp³-hybridized carbons (Fsp3) is 0.571. The molecule has 0 saturated carbocycles. The Morgan fingerprint density at radius 3 is 2.74 bits per heavy atom. The molecule has 0 heterocycles. The zero-order chi connectivity index (χ0) is 13.9. The van der Waals surface area contributed by atoms with E-state index in [9.17, 15) is 0 Å². The maximum absolute atomic E-state index is 5.95. The molecule has 1 unspecified atom stereocenters. The van der Waals surface area contributed by atoms with Gasteiger partial charge in [0.15, 0.2) is 0 Å². The first-order valence-corrected chi connectivity index (χ1v) is 6.79. The molecule has 19 heavy (non-hydrogen) atoms. The molecule has 0 aliphatic heterocycles. The molecule has 0 radical (unpaired) electrons. The third kappa shape index (κ3) is 6.89. The Hall–Kier alpha value is -0.650. The Balaban J connectivity index is 2.22. The summed E-state index contributed by atoms with van der Waals surface area (Å²) in [5.74, 6) is 0. The number of benzene rings is 1. The van der Waals surface area contributed by atoms with Crippen LogP contribution in [0.5, 0.6) is 0 Å². The van der Waals surface area contributed by atoms with Crippen LogP contribution in [0.3, 0.4) is 0 Å². The van der Waals surface area contributed by atoms with Gasteiger partial charge < -0.3 is 19.9 Å². The third-order valence-corrected chi connectivity index (χ3v) is 2.85. The molecule has 0 amide bonds. The monoisotopic (exact) mass is 287 g/mol. The van der Waals surface area contributed by atoms with Gasteiger partial charge in [-0.1, -0.05) is 23.7 Å². The van der Waals surface area contributed by atoms with Gasteiger partial charge in [-0.2, -0.15) is 0 Å². The van der Waals surface area contributed by atoms with E-state index < -0.39 is 0 Å². The van der Waals surface area contributed by atoms with E-state index in [1.165, 1.54) is 0 Å². The van der Waals surface area contributed by atoms with E-state index in [2.05, 4.69) is 0 Å².